The number of hydrogen-bond acceptors (Lipinski definition) is 2. The third-order valence-corrected chi connectivity index (χ3v) is 2.31. The number of aromatic nitrogens is 1. The Morgan fingerprint density at radius 3 is 2.73 bits per heavy atom. The number of benzene rings is 1. The number of phenols is 1. The number of hydrogen-bond donors (Lipinski definition) is 1. The first kappa shape index (κ1) is 9.65. The van der Waals surface area contributed by atoms with E-state index in [2.05, 4.69) is 4.98 Å². The monoisotopic (exact) mass is 203 g/mol. The quantitative estimate of drug-likeness (QED) is 0.773. The molecular formula is C12H10FNO. The minimum absolute atomic E-state index is 0.337. The normalized spacial score (nSPS) is 10.3. The summed E-state index contributed by atoms with van der Waals surface area (Å²) in [5, 5.41) is 9.26. The summed E-state index contributed by atoms with van der Waals surface area (Å²) in [5.74, 6) is -0.940. The minimum atomic E-state index is -0.603. The largest absolute Gasteiger partial charge is 0.505 e. The molecule has 1 N–H and O–H groups in total. The van der Waals surface area contributed by atoms with Crippen molar-refractivity contribution < 1.29 is 9.50 Å². The van der Waals surface area contributed by atoms with Crippen LogP contribution >= 0.6 is 0 Å². The second-order valence-corrected chi connectivity index (χ2v) is 3.33. The molecule has 1 aromatic carbocycles. The predicted molar refractivity (Wildman–Crippen MR) is 56.0 cm³/mol. The molecular weight excluding hydrogens is 193 g/mol. The Hall–Kier alpha value is -1.90. The lowest BCUT2D eigenvalue weighted by atomic mass is 10.0. The third-order valence-electron chi connectivity index (χ3n) is 2.31. The lowest BCUT2D eigenvalue weighted by Gasteiger charge is -2.06. The van der Waals surface area contributed by atoms with Gasteiger partial charge in [0, 0.05) is 23.5 Å². The first-order chi connectivity index (χ1) is 7.20. The van der Waals surface area contributed by atoms with E-state index in [0.717, 1.165) is 5.56 Å². The van der Waals surface area contributed by atoms with Crippen molar-refractivity contribution in [3.05, 3.63) is 48.0 Å². The Morgan fingerprint density at radius 2 is 2.00 bits per heavy atom. The lowest BCUT2D eigenvalue weighted by molar-refractivity contribution is 0.433. The van der Waals surface area contributed by atoms with Crippen molar-refractivity contribution in [3.8, 4) is 16.9 Å². The van der Waals surface area contributed by atoms with Crippen LogP contribution in [0.4, 0.5) is 4.39 Å². The van der Waals surface area contributed by atoms with Gasteiger partial charge in [0.15, 0.2) is 11.6 Å². The van der Waals surface area contributed by atoms with E-state index in [0.29, 0.717) is 11.1 Å². The maximum absolute atomic E-state index is 13.6. The fourth-order valence-electron chi connectivity index (χ4n) is 1.47. The predicted octanol–water partition coefficient (Wildman–Crippen LogP) is 2.90. The Labute approximate surface area is 87.0 Å². The van der Waals surface area contributed by atoms with Gasteiger partial charge in [-0.1, -0.05) is 12.1 Å². The van der Waals surface area contributed by atoms with Crippen molar-refractivity contribution in [3.63, 3.8) is 0 Å². The van der Waals surface area contributed by atoms with Gasteiger partial charge >= 0.3 is 0 Å². The summed E-state index contributed by atoms with van der Waals surface area (Å²) in [6.45, 7) is 1.88. The Balaban J connectivity index is 2.65. The second kappa shape index (κ2) is 3.69. The molecule has 3 heteroatoms. The van der Waals surface area contributed by atoms with E-state index in [1.165, 1.54) is 6.07 Å². The summed E-state index contributed by atoms with van der Waals surface area (Å²) < 4.78 is 13.6. The van der Waals surface area contributed by atoms with E-state index in [4.69, 9.17) is 0 Å². The number of halogens is 1. The van der Waals surface area contributed by atoms with Gasteiger partial charge in [-0.15, -0.1) is 0 Å². The Morgan fingerprint density at radius 1 is 1.20 bits per heavy atom. The first-order valence-corrected chi connectivity index (χ1v) is 4.58. The number of aryl methyl sites for hydroxylation is 1. The molecule has 0 amide bonds. The lowest BCUT2D eigenvalue weighted by Crippen LogP contribution is -1.88. The van der Waals surface area contributed by atoms with Crippen LogP contribution in [0.5, 0.6) is 5.75 Å². The summed E-state index contributed by atoms with van der Waals surface area (Å²) in [5.41, 5.74) is 2.00. The molecule has 76 valence electrons. The van der Waals surface area contributed by atoms with Crippen LogP contribution in [0.3, 0.4) is 0 Å². The third kappa shape index (κ3) is 1.68. The zero-order chi connectivity index (χ0) is 10.8. The highest BCUT2D eigenvalue weighted by molar-refractivity contribution is 5.68. The standard InChI is InChI=1S/C12H10FNO/c1-8-5-6-14-7-10(8)9-3-2-4-11(15)12(9)13/h2-7,15H,1H3. The fourth-order valence-corrected chi connectivity index (χ4v) is 1.47. The van der Waals surface area contributed by atoms with Crippen molar-refractivity contribution in [2.45, 2.75) is 6.92 Å². The molecule has 0 aliphatic heterocycles. The van der Waals surface area contributed by atoms with Crippen LogP contribution in [0.2, 0.25) is 0 Å². The van der Waals surface area contributed by atoms with E-state index in [-0.39, 0.29) is 5.75 Å². The van der Waals surface area contributed by atoms with Crippen molar-refractivity contribution in [1.82, 2.24) is 4.98 Å². The van der Waals surface area contributed by atoms with Crippen LogP contribution in [0.1, 0.15) is 5.56 Å². The second-order valence-electron chi connectivity index (χ2n) is 3.33. The van der Waals surface area contributed by atoms with E-state index < -0.39 is 5.82 Å². The maximum atomic E-state index is 13.6. The van der Waals surface area contributed by atoms with Crippen LogP contribution < -0.4 is 0 Å². The highest BCUT2D eigenvalue weighted by atomic mass is 19.1. The van der Waals surface area contributed by atoms with Gasteiger partial charge in [-0.3, -0.25) is 4.98 Å². The van der Waals surface area contributed by atoms with Crippen molar-refractivity contribution in [2.24, 2.45) is 0 Å². The molecule has 2 nitrogen and oxygen atoms in total. The van der Waals surface area contributed by atoms with Gasteiger partial charge in [-0.2, -0.15) is 0 Å². The zero-order valence-electron chi connectivity index (χ0n) is 8.24. The van der Waals surface area contributed by atoms with Gasteiger partial charge in [0.2, 0.25) is 0 Å². The number of aromatic hydroxyl groups is 1. The number of pyridine rings is 1. The summed E-state index contributed by atoms with van der Waals surface area (Å²) >= 11 is 0. The van der Waals surface area contributed by atoms with Crippen LogP contribution in [-0.2, 0) is 0 Å². The molecule has 0 spiro atoms. The molecule has 0 saturated heterocycles. The molecule has 1 aromatic heterocycles. The molecule has 0 radical (unpaired) electrons. The molecule has 0 aliphatic carbocycles. The molecule has 1 heterocycles. The first-order valence-electron chi connectivity index (χ1n) is 4.58. The summed E-state index contributed by atoms with van der Waals surface area (Å²) in [4.78, 5) is 3.94. The summed E-state index contributed by atoms with van der Waals surface area (Å²) in [7, 11) is 0. The average Bonchev–Trinajstić information content (AvgIpc) is 2.23. The van der Waals surface area contributed by atoms with Gasteiger partial charge < -0.3 is 5.11 Å². The minimum Gasteiger partial charge on any atom is -0.505 e. The van der Waals surface area contributed by atoms with E-state index in [1.54, 1.807) is 30.6 Å². The van der Waals surface area contributed by atoms with Crippen molar-refractivity contribution >= 4 is 0 Å². The Bertz CT molecular complexity index is 497. The summed E-state index contributed by atoms with van der Waals surface area (Å²) in [6.07, 6.45) is 3.24. The van der Waals surface area contributed by atoms with Crippen molar-refractivity contribution in [1.29, 1.82) is 0 Å². The SMILES string of the molecule is Cc1ccncc1-c1cccc(O)c1F. The maximum Gasteiger partial charge on any atom is 0.172 e. The molecule has 0 saturated carbocycles. The molecule has 2 rings (SSSR count). The molecule has 2 aromatic rings. The molecule has 0 bridgehead atoms. The number of phenolic OH excluding ortho intramolecular Hbond substituents is 1. The molecule has 0 aliphatic rings. The zero-order valence-corrected chi connectivity index (χ0v) is 8.24. The number of nitrogens with zero attached hydrogens (tertiary/aromatic N) is 1. The smallest absolute Gasteiger partial charge is 0.172 e. The van der Waals surface area contributed by atoms with Gasteiger partial charge in [-0.05, 0) is 24.6 Å². The van der Waals surface area contributed by atoms with Crippen LogP contribution in [0.25, 0.3) is 11.1 Å². The van der Waals surface area contributed by atoms with Crippen LogP contribution in [-0.4, -0.2) is 10.1 Å². The van der Waals surface area contributed by atoms with E-state index >= 15 is 0 Å². The Kier molecular flexibility index (Phi) is 2.37. The van der Waals surface area contributed by atoms with Gasteiger partial charge in [0.1, 0.15) is 0 Å². The topological polar surface area (TPSA) is 33.1 Å². The van der Waals surface area contributed by atoms with Crippen molar-refractivity contribution in [2.75, 3.05) is 0 Å². The highest BCUT2D eigenvalue weighted by Crippen LogP contribution is 2.29. The molecule has 0 fully saturated rings. The van der Waals surface area contributed by atoms with Crippen LogP contribution in [0.15, 0.2) is 36.7 Å². The fraction of sp³-hybridized carbons (Fsp3) is 0.0833. The molecule has 15 heavy (non-hydrogen) atoms. The van der Waals surface area contributed by atoms with E-state index in [9.17, 15) is 9.50 Å². The van der Waals surface area contributed by atoms with Gasteiger partial charge in [0.25, 0.3) is 0 Å². The van der Waals surface area contributed by atoms with Crippen LogP contribution in [0, 0.1) is 12.7 Å². The van der Waals surface area contributed by atoms with Gasteiger partial charge in [0.05, 0.1) is 0 Å². The summed E-state index contributed by atoms with van der Waals surface area (Å²) in [6, 6.07) is 6.36. The molecule has 0 unspecified atom stereocenters. The molecule has 0 atom stereocenters. The van der Waals surface area contributed by atoms with E-state index in [1.807, 2.05) is 6.92 Å². The van der Waals surface area contributed by atoms with Gasteiger partial charge in [-0.25, -0.2) is 4.39 Å². The highest BCUT2D eigenvalue weighted by Gasteiger charge is 2.10. The number of rotatable bonds is 1. The average molecular weight is 203 g/mol.